The molecule has 3 aromatic rings. The van der Waals surface area contributed by atoms with Crippen molar-refractivity contribution in [1.29, 1.82) is 0 Å². The standard InChI is InChI=1S/C17H21N5O2S3/c1-5-25-16-19-18-15(26-16)21-27(23,24)13-11-22(12-9-7-6-8-10-12)20-14(13)17(2,3)4/h6-11H,5H2,1-4H3,(H,18,21). The molecule has 0 radical (unpaired) electrons. The van der Waals surface area contributed by atoms with Gasteiger partial charge in [0.25, 0.3) is 10.0 Å². The lowest BCUT2D eigenvalue weighted by Crippen LogP contribution is -2.20. The third-order valence-electron chi connectivity index (χ3n) is 3.60. The maximum Gasteiger partial charge on any atom is 0.267 e. The van der Waals surface area contributed by atoms with E-state index in [0.717, 1.165) is 15.8 Å². The summed E-state index contributed by atoms with van der Waals surface area (Å²) in [5.41, 5.74) is 0.836. The van der Waals surface area contributed by atoms with Crippen LogP contribution in [0.3, 0.4) is 0 Å². The Bertz CT molecular complexity index is 1020. The van der Waals surface area contributed by atoms with E-state index in [-0.39, 0.29) is 10.0 Å². The highest BCUT2D eigenvalue weighted by atomic mass is 32.2. The van der Waals surface area contributed by atoms with Gasteiger partial charge in [0, 0.05) is 5.41 Å². The van der Waals surface area contributed by atoms with Crippen molar-refractivity contribution in [1.82, 2.24) is 20.0 Å². The van der Waals surface area contributed by atoms with Crippen LogP contribution >= 0.6 is 23.1 Å². The Morgan fingerprint density at radius 2 is 1.89 bits per heavy atom. The summed E-state index contributed by atoms with van der Waals surface area (Å²) in [7, 11) is -3.85. The molecule has 2 aromatic heterocycles. The van der Waals surface area contributed by atoms with Crippen LogP contribution in [-0.2, 0) is 15.4 Å². The zero-order chi connectivity index (χ0) is 19.7. The Hall–Kier alpha value is -1.91. The van der Waals surface area contributed by atoms with Crippen LogP contribution in [-0.4, -0.2) is 34.1 Å². The Morgan fingerprint density at radius 3 is 2.52 bits per heavy atom. The molecular weight excluding hydrogens is 402 g/mol. The van der Waals surface area contributed by atoms with Gasteiger partial charge in [-0.05, 0) is 17.9 Å². The topological polar surface area (TPSA) is 89.8 Å². The highest BCUT2D eigenvalue weighted by Crippen LogP contribution is 2.31. The van der Waals surface area contributed by atoms with Gasteiger partial charge in [-0.3, -0.25) is 4.72 Å². The Balaban J connectivity index is 2.01. The van der Waals surface area contributed by atoms with Crippen LogP contribution in [0.5, 0.6) is 0 Å². The van der Waals surface area contributed by atoms with Gasteiger partial charge < -0.3 is 0 Å². The summed E-state index contributed by atoms with van der Waals surface area (Å²) in [6.45, 7) is 7.81. The number of anilines is 1. The smallest absolute Gasteiger partial charge is 0.253 e. The molecule has 10 heteroatoms. The largest absolute Gasteiger partial charge is 0.267 e. The highest BCUT2D eigenvalue weighted by molar-refractivity contribution is 8.01. The molecule has 7 nitrogen and oxygen atoms in total. The summed E-state index contributed by atoms with van der Waals surface area (Å²) in [5.74, 6) is 0.847. The lowest BCUT2D eigenvalue weighted by atomic mass is 9.92. The number of rotatable bonds is 6. The number of nitrogens with one attached hydrogen (secondary N) is 1. The van der Waals surface area contributed by atoms with Gasteiger partial charge in [0.05, 0.1) is 17.6 Å². The zero-order valence-electron chi connectivity index (χ0n) is 15.5. The summed E-state index contributed by atoms with van der Waals surface area (Å²) in [6.07, 6.45) is 1.54. The first-order valence-electron chi connectivity index (χ1n) is 8.35. The molecule has 0 saturated heterocycles. The van der Waals surface area contributed by atoms with Crippen molar-refractivity contribution in [3.05, 3.63) is 42.2 Å². The first kappa shape index (κ1) is 19.8. The van der Waals surface area contributed by atoms with E-state index in [9.17, 15) is 8.42 Å². The summed E-state index contributed by atoms with van der Waals surface area (Å²) in [5, 5.41) is 12.7. The van der Waals surface area contributed by atoms with Crippen LogP contribution in [0.25, 0.3) is 5.69 Å². The van der Waals surface area contributed by atoms with Crippen LogP contribution in [0.4, 0.5) is 5.13 Å². The second kappa shape index (κ2) is 7.61. The van der Waals surface area contributed by atoms with Crippen molar-refractivity contribution < 1.29 is 8.42 Å². The van der Waals surface area contributed by atoms with E-state index in [1.165, 1.54) is 23.1 Å². The van der Waals surface area contributed by atoms with Crippen molar-refractivity contribution in [3.8, 4) is 5.69 Å². The minimum atomic E-state index is -3.85. The summed E-state index contributed by atoms with van der Waals surface area (Å²) in [6, 6.07) is 9.42. The number of nitrogens with zero attached hydrogens (tertiary/aromatic N) is 4. The molecule has 0 atom stereocenters. The second-order valence-electron chi connectivity index (χ2n) is 6.78. The zero-order valence-corrected chi connectivity index (χ0v) is 18.0. The molecule has 0 bridgehead atoms. The minimum Gasteiger partial charge on any atom is -0.253 e. The number of hydrogen-bond donors (Lipinski definition) is 1. The van der Waals surface area contributed by atoms with E-state index in [2.05, 4.69) is 20.0 Å². The molecule has 144 valence electrons. The van der Waals surface area contributed by atoms with Crippen LogP contribution in [0.2, 0.25) is 0 Å². The molecule has 0 fully saturated rings. The predicted molar refractivity (Wildman–Crippen MR) is 109 cm³/mol. The van der Waals surface area contributed by atoms with Crippen molar-refractivity contribution in [2.24, 2.45) is 0 Å². The molecule has 2 heterocycles. The average molecular weight is 424 g/mol. The fourth-order valence-corrected chi connectivity index (χ4v) is 5.61. The number of hydrogen-bond acceptors (Lipinski definition) is 7. The normalized spacial score (nSPS) is 12.3. The van der Waals surface area contributed by atoms with Gasteiger partial charge in [-0.1, -0.05) is 69.0 Å². The Morgan fingerprint density at radius 1 is 1.19 bits per heavy atom. The van der Waals surface area contributed by atoms with Gasteiger partial charge >= 0.3 is 0 Å². The van der Waals surface area contributed by atoms with Gasteiger partial charge in [0.2, 0.25) is 5.13 Å². The fourth-order valence-electron chi connectivity index (χ4n) is 2.39. The van der Waals surface area contributed by atoms with Crippen molar-refractivity contribution in [2.45, 2.75) is 42.3 Å². The van der Waals surface area contributed by atoms with Gasteiger partial charge in [-0.15, -0.1) is 10.2 Å². The minimum absolute atomic E-state index is 0.138. The maximum atomic E-state index is 13.0. The number of benzene rings is 1. The van der Waals surface area contributed by atoms with Crippen LogP contribution < -0.4 is 4.72 Å². The highest BCUT2D eigenvalue weighted by Gasteiger charge is 2.31. The monoisotopic (exact) mass is 423 g/mol. The van der Waals surface area contributed by atoms with Crippen molar-refractivity contribution in [3.63, 3.8) is 0 Å². The summed E-state index contributed by atoms with van der Waals surface area (Å²) >= 11 is 2.74. The molecule has 0 aliphatic heterocycles. The van der Waals surface area contributed by atoms with Crippen LogP contribution in [0.15, 0.2) is 45.8 Å². The average Bonchev–Trinajstić information content (AvgIpc) is 3.23. The van der Waals surface area contributed by atoms with E-state index in [0.29, 0.717) is 5.69 Å². The third-order valence-corrected chi connectivity index (χ3v) is 6.92. The lowest BCUT2D eigenvalue weighted by Gasteiger charge is -2.17. The van der Waals surface area contributed by atoms with Crippen molar-refractivity contribution >= 4 is 38.3 Å². The Labute approximate surface area is 167 Å². The number of para-hydroxylation sites is 1. The van der Waals surface area contributed by atoms with E-state index in [1.54, 1.807) is 10.9 Å². The fraction of sp³-hybridized carbons (Fsp3) is 0.353. The summed E-state index contributed by atoms with van der Waals surface area (Å²) < 4.78 is 31.0. The van der Waals surface area contributed by atoms with Gasteiger partial charge in [0.1, 0.15) is 4.90 Å². The number of aromatic nitrogens is 4. The molecule has 0 unspecified atom stereocenters. The molecule has 1 aromatic carbocycles. The lowest BCUT2D eigenvalue weighted by molar-refractivity contribution is 0.543. The molecule has 1 N–H and O–H groups in total. The SMILES string of the molecule is CCSc1nnc(NS(=O)(=O)c2cn(-c3ccccc3)nc2C(C)(C)C)s1. The van der Waals surface area contributed by atoms with Crippen LogP contribution in [0, 0.1) is 0 Å². The van der Waals surface area contributed by atoms with Gasteiger partial charge in [-0.2, -0.15) is 5.10 Å². The molecule has 0 amide bonds. The maximum absolute atomic E-state index is 13.0. The molecule has 0 spiro atoms. The molecule has 3 rings (SSSR count). The predicted octanol–water partition coefficient (Wildman–Crippen LogP) is 3.93. The van der Waals surface area contributed by atoms with E-state index < -0.39 is 15.4 Å². The number of sulfonamides is 1. The Kier molecular flexibility index (Phi) is 5.59. The van der Waals surface area contributed by atoms with E-state index >= 15 is 0 Å². The molecule has 27 heavy (non-hydrogen) atoms. The van der Waals surface area contributed by atoms with Crippen LogP contribution in [0.1, 0.15) is 33.4 Å². The molecule has 0 aliphatic carbocycles. The van der Waals surface area contributed by atoms with E-state index in [1.807, 2.05) is 58.0 Å². The molecule has 0 aliphatic rings. The molecule has 0 saturated carbocycles. The van der Waals surface area contributed by atoms with Gasteiger partial charge in [0.15, 0.2) is 4.34 Å². The first-order chi connectivity index (χ1) is 12.7. The van der Waals surface area contributed by atoms with E-state index in [4.69, 9.17) is 0 Å². The quantitative estimate of drug-likeness (QED) is 0.604. The molecular formula is C17H21N5O2S3. The third kappa shape index (κ3) is 4.50. The summed E-state index contributed by atoms with van der Waals surface area (Å²) in [4.78, 5) is 0.138. The first-order valence-corrected chi connectivity index (χ1v) is 11.6. The van der Waals surface area contributed by atoms with Gasteiger partial charge in [-0.25, -0.2) is 13.1 Å². The number of thioether (sulfide) groups is 1. The second-order valence-corrected chi connectivity index (χ2v) is 10.9. The van der Waals surface area contributed by atoms with Crippen molar-refractivity contribution in [2.75, 3.05) is 10.5 Å².